The highest BCUT2D eigenvalue weighted by Crippen LogP contribution is 2.53. The van der Waals surface area contributed by atoms with Crippen molar-refractivity contribution in [3.63, 3.8) is 0 Å². The average molecular weight is 350 g/mol. The number of aromatic nitrogens is 2. The number of hydrogen-bond donors (Lipinski definition) is 0. The molecule has 0 unspecified atom stereocenters. The van der Waals surface area contributed by atoms with E-state index in [1.165, 1.54) is 0 Å². The largest absolute Gasteiger partial charge is 0.337 e. The molecule has 24 heavy (non-hydrogen) atoms. The molecule has 0 N–H and O–H groups in total. The molecule has 0 radical (unpaired) electrons. The fourth-order valence-corrected chi connectivity index (χ4v) is 4.89. The molecular formula is C18H27N2O3P. The highest BCUT2D eigenvalue weighted by Gasteiger charge is 2.30. The van der Waals surface area contributed by atoms with E-state index in [0.717, 1.165) is 22.3 Å². The number of nitrogens with zero attached hydrogens (tertiary/aromatic N) is 2. The van der Waals surface area contributed by atoms with Crippen molar-refractivity contribution >= 4 is 24.3 Å². The van der Waals surface area contributed by atoms with Gasteiger partial charge in [0.15, 0.2) is 0 Å². The van der Waals surface area contributed by atoms with Crippen molar-refractivity contribution in [2.24, 2.45) is 0 Å². The number of allylic oxidation sites excluding steroid dienone is 2. The Hall–Kier alpha value is -1.42. The van der Waals surface area contributed by atoms with Crippen LogP contribution in [0, 0.1) is 0 Å². The van der Waals surface area contributed by atoms with Crippen LogP contribution >= 0.6 is 7.60 Å². The fourth-order valence-electron chi connectivity index (χ4n) is 2.57. The number of rotatable bonds is 7. The van der Waals surface area contributed by atoms with E-state index < -0.39 is 7.60 Å². The molecule has 1 heterocycles. The van der Waals surface area contributed by atoms with Gasteiger partial charge in [0.2, 0.25) is 0 Å². The predicted octanol–water partition coefficient (Wildman–Crippen LogP) is 5.33. The van der Waals surface area contributed by atoms with Crippen LogP contribution in [0.1, 0.15) is 41.5 Å². The second kappa shape index (κ2) is 7.64. The zero-order chi connectivity index (χ0) is 17.9. The minimum atomic E-state index is -3.27. The van der Waals surface area contributed by atoms with Crippen molar-refractivity contribution in [2.75, 3.05) is 6.16 Å². The summed E-state index contributed by atoms with van der Waals surface area (Å²) in [6, 6.07) is 7.89. The third-order valence-electron chi connectivity index (χ3n) is 3.41. The lowest BCUT2D eigenvalue weighted by Gasteiger charge is -2.25. The first kappa shape index (κ1) is 18.9. The monoisotopic (exact) mass is 350 g/mol. The Labute approximate surface area is 144 Å². The van der Waals surface area contributed by atoms with E-state index in [9.17, 15) is 4.57 Å². The number of benzene rings is 1. The predicted molar refractivity (Wildman–Crippen MR) is 99.2 cm³/mol. The summed E-state index contributed by atoms with van der Waals surface area (Å²) in [5.41, 5.74) is 3.83. The Morgan fingerprint density at radius 1 is 1.12 bits per heavy atom. The molecule has 0 aliphatic carbocycles. The molecule has 2 rings (SSSR count). The summed E-state index contributed by atoms with van der Waals surface area (Å²) in [7, 11) is -3.27. The zero-order valence-electron chi connectivity index (χ0n) is 15.3. The van der Waals surface area contributed by atoms with Crippen molar-refractivity contribution < 1.29 is 13.6 Å². The maximum absolute atomic E-state index is 13.3. The van der Waals surface area contributed by atoms with Gasteiger partial charge in [0, 0.05) is 5.70 Å². The van der Waals surface area contributed by atoms with Crippen molar-refractivity contribution in [2.45, 2.75) is 53.8 Å². The lowest BCUT2D eigenvalue weighted by atomic mass is 10.2. The molecule has 0 aliphatic heterocycles. The summed E-state index contributed by atoms with van der Waals surface area (Å²) in [5.74, 6) is 0. The fraction of sp³-hybridized carbons (Fsp3) is 0.500. The molecule has 0 amide bonds. The molecule has 0 bridgehead atoms. The number of fused-ring (bicyclic) bond motifs is 1. The quantitative estimate of drug-likeness (QED) is 0.633. The molecule has 0 saturated carbocycles. The molecular weight excluding hydrogens is 323 g/mol. The van der Waals surface area contributed by atoms with Crippen LogP contribution in [0.2, 0.25) is 0 Å². The van der Waals surface area contributed by atoms with Gasteiger partial charge >= 0.3 is 7.60 Å². The third kappa shape index (κ3) is 4.56. The zero-order valence-corrected chi connectivity index (χ0v) is 16.2. The maximum atomic E-state index is 13.3. The topological polar surface area (TPSA) is 53.4 Å². The highest BCUT2D eigenvalue weighted by atomic mass is 31.2. The molecule has 5 nitrogen and oxygen atoms in total. The van der Waals surface area contributed by atoms with Gasteiger partial charge in [0.1, 0.15) is 6.33 Å². The first-order valence-corrected chi connectivity index (χ1v) is 9.99. The van der Waals surface area contributed by atoms with Gasteiger partial charge < -0.3 is 13.6 Å². The SMILES string of the molecule is CC(C)=C(CP(=O)(OC(C)C)OC(C)C)n1cnc2ccccc21. The molecule has 0 atom stereocenters. The van der Waals surface area contributed by atoms with Gasteiger partial charge in [-0.05, 0) is 53.7 Å². The first-order valence-electron chi connectivity index (χ1n) is 8.26. The minimum absolute atomic E-state index is 0.174. The lowest BCUT2D eigenvalue weighted by Crippen LogP contribution is -2.13. The second-order valence-corrected chi connectivity index (χ2v) is 8.59. The molecule has 1 aromatic heterocycles. The number of para-hydroxylation sites is 2. The van der Waals surface area contributed by atoms with Crippen LogP contribution in [-0.4, -0.2) is 27.9 Å². The second-order valence-electron chi connectivity index (χ2n) is 6.63. The van der Waals surface area contributed by atoms with Crippen LogP contribution in [0.25, 0.3) is 16.7 Å². The molecule has 0 aliphatic rings. The highest BCUT2D eigenvalue weighted by molar-refractivity contribution is 7.54. The van der Waals surface area contributed by atoms with Gasteiger partial charge in [-0.2, -0.15) is 0 Å². The molecule has 0 saturated heterocycles. The summed E-state index contributed by atoms with van der Waals surface area (Å²) >= 11 is 0. The van der Waals surface area contributed by atoms with Crippen LogP contribution in [0.5, 0.6) is 0 Å². The van der Waals surface area contributed by atoms with Crippen molar-refractivity contribution in [1.29, 1.82) is 0 Å². The van der Waals surface area contributed by atoms with E-state index in [-0.39, 0.29) is 18.4 Å². The Bertz CT molecular complexity index is 759. The summed E-state index contributed by atoms with van der Waals surface area (Å²) < 4.78 is 26.7. The van der Waals surface area contributed by atoms with Crippen LogP contribution in [0.4, 0.5) is 0 Å². The summed E-state index contributed by atoms with van der Waals surface area (Å²) in [5, 5.41) is 0. The maximum Gasteiger partial charge on any atom is 0.337 e. The molecule has 132 valence electrons. The number of imidazole rings is 1. The van der Waals surface area contributed by atoms with Gasteiger partial charge in [0.05, 0.1) is 29.4 Å². The lowest BCUT2D eigenvalue weighted by molar-refractivity contribution is 0.144. The van der Waals surface area contributed by atoms with E-state index in [2.05, 4.69) is 4.98 Å². The van der Waals surface area contributed by atoms with Crippen LogP contribution in [0.15, 0.2) is 36.2 Å². The molecule has 2 aromatic rings. The van der Waals surface area contributed by atoms with Gasteiger partial charge in [-0.3, -0.25) is 4.57 Å². The van der Waals surface area contributed by atoms with Crippen molar-refractivity contribution in [3.05, 3.63) is 36.2 Å². The molecule has 0 spiro atoms. The van der Waals surface area contributed by atoms with E-state index in [1.54, 1.807) is 6.33 Å². The summed E-state index contributed by atoms with van der Waals surface area (Å²) in [6.45, 7) is 11.5. The Morgan fingerprint density at radius 3 is 2.25 bits per heavy atom. The van der Waals surface area contributed by atoms with Crippen LogP contribution in [-0.2, 0) is 13.6 Å². The minimum Gasteiger partial charge on any atom is -0.306 e. The van der Waals surface area contributed by atoms with Gasteiger partial charge in [-0.1, -0.05) is 17.7 Å². The van der Waals surface area contributed by atoms with Crippen molar-refractivity contribution in [3.8, 4) is 0 Å². The molecule has 1 aromatic carbocycles. The standard InChI is InChI=1S/C18H27N2O3P/c1-13(2)18(11-24(21,22-14(3)4)23-15(5)6)20-12-19-16-9-7-8-10-17(16)20/h7-10,12,14-15H,11H2,1-6H3. The first-order chi connectivity index (χ1) is 11.2. The number of hydrogen-bond acceptors (Lipinski definition) is 4. The van der Waals surface area contributed by atoms with E-state index >= 15 is 0 Å². The van der Waals surface area contributed by atoms with E-state index in [1.807, 2.05) is 70.4 Å². The smallest absolute Gasteiger partial charge is 0.306 e. The van der Waals surface area contributed by atoms with Gasteiger partial charge in [-0.25, -0.2) is 4.98 Å². The average Bonchev–Trinajstić information content (AvgIpc) is 2.86. The van der Waals surface area contributed by atoms with Gasteiger partial charge in [-0.15, -0.1) is 0 Å². The third-order valence-corrected chi connectivity index (χ3v) is 5.58. The normalized spacial score (nSPS) is 12.3. The molecule has 0 fully saturated rings. The Kier molecular flexibility index (Phi) is 6.02. The van der Waals surface area contributed by atoms with E-state index in [4.69, 9.17) is 9.05 Å². The van der Waals surface area contributed by atoms with Crippen LogP contribution < -0.4 is 0 Å². The summed E-state index contributed by atoms with van der Waals surface area (Å²) in [6.07, 6.45) is 1.63. The van der Waals surface area contributed by atoms with E-state index in [0.29, 0.717) is 0 Å². The molecule has 6 heteroatoms. The summed E-state index contributed by atoms with van der Waals surface area (Å²) in [4.78, 5) is 4.43. The Balaban J connectivity index is 2.44. The Morgan fingerprint density at radius 2 is 1.71 bits per heavy atom. The van der Waals surface area contributed by atoms with Crippen molar-refractivity contribution in [1.82, 2.24) is 9.55 Å². The van der Waals surface area contributed by atoms with Gasteiger partial charge in [0.25, 0.3) is 0 Å². The van der Waals surface area contributed by atoms with Crippen LogP contribution in [0.3, 0.4) is 0 Å².